The van der Waals surface area contributed by atoms with Crippen LogP contribution in [0, 0.1) is 0 Å². The molecule has 0 radical (unpaired) electrons. The van der Waals surface area contributed by atoms with Gasteiger partial charge in [0.1, 0.15) is 5.75 Å². The Morgan fingerprint density at radius 3 is 2.75 bits per heavy atom. The fourth-order valence-electron chi connectivity index (χ4n) is 2.31. The maximum Gasteiger partial charge on any atom is 0.276 e. The molecular weight excluding hydrogens is 258 g/mol. The number of hydrogen-bond acceptors (Lipinski definition) is 5. The second-order valence-corrected chi connectivity index (χ2v) is 4.79. The summed E-state index contributed by atoms with van der Waals surface area (Å²) in [5, 5.41) is 12.7. The number of rotatable bonds is 4. The standard InChI is InChI=1S/C13H15N5O2/c1-20-9-5-3-2-4-8(9)13(6-7-13)15-12(19)10-11(14)17-18-16-10/h2-5H,6-7H2,1H3,(H,15,19)(H3,14,16,17,18). The normalized spacial score (nSPS) is 15.7. The number of amides is 1. The molecule has 20 heavy (non-hydrogen) atoms. The first kappa shape index (κ1) is 12.5. The van der Waals surface area contributed by atoms with Crippen LogP contribution in [0.15, 0.2) is 24.3 Å². The Morgan fingerprint density at radius 2 is 2.15 bits per heavy atom. The maximum atomic E-state index is 12.2. The van der Waals surface area contributed by atoms with Gasteiger partial charge >= 0.3 is 0 Å². The van der Waals surface area contributed by atoms with E-state index in [1.807, 2.05) is 24.3 Å². The minimum atomic E-state index is -0.394. The van der Waals surface area contributed by atoms with Crippen molar-refractivity contribution in [2.75, 3.05) is 12.8 Å². The number of nitrogens with zero attached hydrogens (tertiary/aromatic N) is 2. The maximum absolute atomic E-state index is 12.2. The van der Waals surface area contributed by atoms with Crippen molar-refractivity contribution in [2.45, 2.75) is 18.4 Å². The molecule has 1 amide bonds. The molecule has 3 rings (SSSR count). The van der Waals surface area contributed by atoms with Gasteiger partial charge in [0.05, 0.1) is 12.6 Å². The number of aromatic amines is 1. The Kier molecular flexibility index (Phi) is 2.81. The summed E-state index contributed by atoms with van der Waals surface area (Å²) >= 11 is 0. The van der Waals surface area contributed by atoms with E-state index in [1.54, 1.807) is 7.11 Å². The molecule has 1 fully saturated rings. The van der Waals surface area contributed by atoms with Crippen LogP contribution in [-0.4, -0.2) is 28.4 Å². The zero-order valence-electron chi connectivity index (χ0n) is 11.0. The van der Waals surface area contributed by atoms with Crippen molar-refractivity contribution in [1.29, 1.82) is 0 Å². The minimum Gasteiger partial charge on any atom is -0.496 e. The summed E-state index contributed by atoms with van der Waals surface area (Å²) in [7, 11) is 1.62. The van der Waals surface area contributed by atoms with Crippen molar-refractivity contribution < 1.29 is 9.53 Å². The Bertz CT molecular complexity index is 648. The topological polar surface area (TPSA) is 106 Å². The summed E-state index contributed by atoms with van der Waals surface area (Å²) in [6, 6.07) is 7.66. The van der Waals surface area contributed by atoms with E-state index in [2.05, 4.69) is 20.7 Å². The number of carbonyl (C=O) groups is 1. The van der Waals surface area contributed by atoms with Gasteiger partial charge in [0.15, 0.2) is 11.5 Å². The highest BCUT2D eigenvalue weighted by atomic mass is 16.5. The predicted octanol–water partition coefficient (Wildman–Crippen LogP) is 0.815. The Balaban J connectivity index is 1.87. The summed E-state index contributed by atoms with van der Waals surface area (Å²) in [5.74, 6) is 0.524. The average molecular weight is 273 g/mol. The van der Waals surface area contributed by atoms with Crippen LogP contribution in [0.1, 0.15) is 28.9 Å². The Morgan fingerprint density at radius 1 is 1.40 bits per heavy atom. The molecule has 7 nitrogen and oxygen atoms in total. The van der Waals surface area contributed by atoms with Gasteiger partial charge in [0, 0.05) is 5.56 Å². The van der Waals surface area contributed by atoms with Gasteiger partial charge in [-0.2, -0.15) is 5.21 Å². The molecule has 4 N–H and O–H groups in total. The van der Waals surface area contributed by atoms with Crippen molar-refractivity contribution in [2.24, 2.45) is 0 Å². The third kappa shape index (κ3) is 1.97. The minimum absolute atomic E-state index is 0.0957. The third-order valence-electron chi connectivity index (χ3n) is 3.52. The van der Waals surface area contributed by atoms with Crippen molar-refractivity contribution in [3.8, 4) is 5.75 Å². The van der Waals surface area contributed by atoms with E-state index in [0.717, 1.165) is 24.2 Å². The molecule has 0 atom stereocenters. The van der Waals surface area contributed by atoms with Gasteiger partial charge in [-0.05, 0) is 18.9 Å². The summed E-state index contributed by atoms with van der Waals surface area (Å²) in [6.45, 7) is 0. The fourth-order valence-corrected chi connectivity index (χ4v) is 2.31. The van der Waals surface area contributed by atoms with Gasteiger partial charge in [-0.15, -0.1) is 10.2 Å². The number of nitrogen functional groups attached to an aromatic ring is 1. The number of nitrogens with two attached hydrogens (primary N) is 1. The van der Waals surface area contributed by atoms with Crippen LogP contribution < -0.4 is 15.8 Å². The summed E-state index contributed by atoms with van der Waals surface area (Å²) in [4.78, 5) is 12.2. The molecule has 7 heteroatoms. The molecule has 104 valence electrons. The van der Waals surface area contributed by atoms with Crippen LogP contribution in [0.4, 0.5) is 5.82 Å². The van der Waals surface area contributed by atoms with E-state index in [1.165, 1.54) is 0 Å². The third-order valence-corrected chi connectivity index (χ3v) is 3.52. The lowest BCUT2D eigenvalue weighted by atomic mass is 10.0. The second kappa shape index (κ2) is 4.52. The summed E-state index contributed by atoms with van der Waals surface area (Å²) in [5.41, 5.74) is 6.28. The van der Waals surface area contributed by atoms with Crippen molar-refractivity contribution in [3.63, 3.8) is 0 Å². The van der Waals surface area contributed by atoms with Crippen molar-refractivity contribution in [1.82, 2.24) is 20.7 Å². The van der Waals surface area contributed by atoms with Crippen LogP contribution in [0.2, 0.25) is 0 Å². The lowest BCUT2D eigenvalue weighted by molar-refractivity contribution is 0.0926. The number of carbonyl (C=O) groups excluding carboxylic acids is 1. The molecule has 0 spiro atoms. The van der Waals surface area contributed by atoms with E-state index in [4.69, 9.17) is 10.5 Å². The smallest absolute Gasteiger partial charge is 0.276 e. The van der Waals surface area contributed by atoms with Crippen LogP contribution in [0.25, 0.3) is 0 Å². The van der Waals surface area contributed by atoms with Crippen LogP contribution in [0.3, 0.4) is 0 Å². The van der Waals surface area contributed by atoms with Gasteiger partial charge in [-0.25, -0.2) is 0 Å². The average Bonchev–Trinajstić information content (AvgIpc) is 3.11. The van der Waals surface area contributed by atoms with Crippen LogP contribution in [-0.2, 0) is 5.54 Å². The van der Waals surface area contributed by atoms with Crippen molar-refractivity contribution >= 4 is 11.7 Å². The highest BCUT2D eigenvalue weighted by molar-refractivity contribution is 5.97. The molecule has 0 saturated heterocycles. The zero-order valence-corrected chi connectivity index (χ0v) is 11.0. The molecule has 1 saturated carbocycles. The molecule has 0 aliphatic heterocycles. The van der Waals surface area contributed by atoms with Crippen LogP contribution >= 0.6 is 0 Å². The van der Waals surface area contributed by atoms with Gasteiger partial charge < -0.3 is 15.8 Å². The number of H-pyrrole nitrogens is 1. The van der Waals surface area contributed by atoms with E-state index in [-0.39, 0.29) is 17.4 Å². The number of methoxy groups -OCH3 is 1. The number of para-hydroxylation sites is 1. The number of benzene rings is 1. The monoisotopic (exact) mass is 273 g/mol. The predicted molar refractivity (Wildman–Crippen MR) is 72.2 cm³/mol. The first-order chi connectivity index (χ1) is 9.66. The first-order valence-corrected chi connectivity index (χ1v) is 6.28. The van der Waals surface area contributed by atoms with E-state index in [0.29, 0.717) is 0 Å². The summed E-state index contributed by atoms with van der Waals surface area (Å²) in [6.07, 6.45) is 1.72. The fraction of sp³-hybridized carbons (Fsp3) is 0.308. The summed E-state index contributed by atoms with van der Waals surface area (Å²) < 4.78 is 5.36. The molecule has 1 aromatic heterocycles. The first-order valence-electron chi connectivity index (χ1n) is 6.28. The lowest BCUT2D eigenvalue weighted by Gasteiger charge is -2.19. The molecular formula is C13H15N5O2. The number of hydrogen-bond donors (Lipinski definition) is 3. The molecule has 2 aromatic rings. The second-order valence-electron chi connectivity index (χ2n) is 4.79. The zero-order chi connectivity index (χ0) is 14.2. The van der Waals surface area contributed by atoms with Crippen LogP contribution in [0.5, 0.6) is 5.75 Å². The number of anilines is 1. The molecule has 1 aromatic carbocycles. The lowest BCUT2D eigenvalue weighted by Crippen LogP contribution is -2.35. The highest BCUT2D eigenvalue weighted by Gasteiger charge is 2.48. The molecule has 1 aliphatic carbocycles. The number of aromatic nitrogens is 3. The largest absolute Gasteiger partial charge is 0.496 e. The molecule has 1 aliphatic rings. The van der Waals surface area contributed by atoms with E-state index in [9.17, 15) is 4.79 Å². The Labute approximate surface area is 115 Å². The SMILES string of the molecule is COc1ccccc1C1(NC(=O)c2n[nH]nc2N)CC1. The number of nitrogens with one attached hydrogen (secondary N) is 2. The molecule has 0 unspecified atom stereocenters. The van der Waals surface area contributed by atoms with Crippen molar-refractivity contribution in [3.05, 3.63) is 35.5 Å². The van der Waals surface area contributed by atoms with Gasteiger partial charge in [-0.3, -0.25) is 4.79 Å². The van der Waals surface area contributed by atoms with E-state index < -0.39 is 5.54 Å². The van der Waals surface area contributed by atoms with Gasteiger partial charge in [0.25, 0.3) is 5.91 Å². The number of ether oxygens (including phenoxy) is 1. The Hall–Kier alpha value is -2.57. The molecule has 0 bridgehead atoms. The molecule has 1 heterocycles. The van der Waals surface area contributed by atoms with E-state index >= 15 is 0 Å². The highest BCUT2D eigenvalue weighted by Crippen LogP contribution is 2.48. The quantitative estimate of drug-likeness (QED) is 0.764. The van der Waals surface area contributed by atoms with Gasteiger partial charge in [0.2, 0.25) is 0 Å². The van der Waals surface area contributed by atoms with Gasteiger partial charge in [-0.1, -0.05) is 18.2 Å².